The maximum absolute atomic E-state index is 11.9. The van der Waals surface area contributed by atoms with Crippen molar-refractivity contribution in [1.29, 1.82) is 0 Å². The zero-order valence-electron chi connectivity index (χ0n) is 13.2. The van der Waals surface area contributed by atoms with E-state index in [1.807, 2.05) is 6.92 Å². The minimum Gasteiger partial charge on any atom is -0.466 e. The van der Waals surface area contributed by atoms with Gasteiger partial charge in [0.15, 0.2) is 0 Å². The van der Waals surface area contributed by atoms with Gasteiger partial charge in [0.05, 0.1) is 12.5 Å². The SMILES string of the molecule is CCCc1ccc(NC2CCCC(C(=O)OCC)C2)cc1. The van der Waals surface area contributed by atoms with Crippen molar-refractivity contribution in [1.82, 2.24) is 0 Å². The lowest BCUT2D eigenvalue weighted by atomic mass is 9.85. The van der Waals surface area contributed by atoms with Gasteiger partial charge < -0.3 is 10.1 Å². The maximum atomic E-state index is 11.9. The molecule has 116 valence electrons. The number of esters is 1. The summed E-state index contributed by atoms with van der Waals surface area (Å²) in [6, 6.07) is 9.07. The Bertz CT molecular complexity index is 441. The number of anilines is 1. The van der Waals surface area contributed by atoms with Gasteiger partial charge in [-0.2, -0.15) is 0 Å². The fraction of sp³-hybridized carbons (Fsp3) is 0.611. The van der Waals surface area contributed by atoms with Crippen molar-refractivity contribution in [2.24, 2.45) is 5.92 Å². The average Bonchev–Trinajstić information content (AvgIpc) is 2.50. The highest BCUT2D eigenvalue weighted by Gasteiger charge is 2.28. The normalized spacial score (nSPS) is 21.8. The molecule has 0 amide bonds. The second-order valence-electron chi connectivity index (χ2n) is 5.90. The Morgan fingerprint density at radius 2 is 2.00 bits per heavy atom. The molecule has 0 bridgehead atoms. The second-order valence-corrected chi connectivity index (χ2v) is 5.90. The van der Waals surface area contributed by atoms with Crippen molar-refractivity contribution in [3.05, 3.63) is 29.8 Å². The summed E-state index contributed by atoms with van der Waals surface area (Å²) >= 11 is 0. The van der Waals surface area contributed by atoms with Gasteiger partial charge >= 0.3 is 5.97 Å². The van der Waals surface area contributed by atoms with E-state index in [1.54, 1.807) is 0 Å². The molecule has 0 spiro atoms. The molecule has 1 aliphatic rings. The Morgan fingerprint density at radius 1 is 1.24 bits per heavy atom. The number of carbonyl (C=O) groups is 1. The Kier molecular flexibility index (Phi) is 6.09. The van der Waals surface area contributed by atoms with Gasteiger partial charge in [-0.25, -0.2) is 0 Å². The molecule has 2 rings (SSSR count). The Labute approximate surface area is 128 Å². The monoisotopic (exact) mass is 289 g/mol. The van der Waals surface area contributed by atoms with E-state index >= 15 is 0 Å². The number of nitrogens with one attached hydrogen (secondary N) is 1. The quantitative estimate of drug-likeness (QED) is 0.799. The average molecular weight is 289 g/mol. The first-order valence-corrected chi connectivity index (χ1v) is 8.25. The van der Waals surface area contributed by atoms with Gasteiger partial charge in [0, 0.05) is 11.7 Å². The number of hydrogen-bond acceptors (Lipinski definition) is 3. The summed E-state index contributed by atoms with van der Waals surface area (Å²) in [5.41, 5.74) is 2.54. The lowest BCUT2D eigenvalue weighted by molar-refractivity contribution is -0.149. The molecule has 1 aromatic rings. The minimum atomic E-state index is -0.0257. The zero-order chi connectivity index (χ0) is 15.1. The molecule has 1 aliphatic carbocycles. The Morgan fingerprint density at radius 3 is 2.67 bits per heavy atom. The first-order valence-electron chi connectivity index (χ1n) is 8.25. The summed E-state index contributed by atoms with van der Waals surface area (Å²) in [5, 5.41) is 3.57. The van der Waals surface area contributed by atoms with E-state index < -0.39 is 0 Å². The first-order chi connectivity index (χ1) is 10.2. The molecule has 0 aliphatic heterocycles. The molecular weight excluding hydrogens is 262 g/mol. The van der Waals surface area contributed by atoms with Gasteiger partial charge in [-0.1, -0.05) is 31.9 Å². The molecule has 0 heterocycles. The third-order valence-electron chi connectivity index (χ3n) is 4.16. The topological polar surface area (TPSA) is 38.3 Å². The van der Waals surface area contributed by atoms with Gasteiger partial charge in [-0.3, -0.25) is 4.79 Å². The number of aryl methyl sites for hydroxylation is 1. The van der Waals surface area contributed by atoms with Gasteiger partial charge in [-0.15, -0.1) is 0 Å². The molecule has 1 fully saturated rings. The first kappa shape index (κ1) is 15.9. The van der Waals surface area contributed by atoms with Crippen LogP contribution in [0.4, 0.5) is 5.69 Å². The van der Waals surface area contributed by atoms with Crippen LogP contribution < -0.4 is 5.32 Å². The van der Waals surface area contributed by atoms with E-state index in [0.717, 1.165) is 37.8 Å². The molecule has 21 heavy (non-hydrogen) atoms. The van der Waals surface area contributed by atoms with Crippen molar-refractivity contribution in [3.63, 3.8) is 0 Å². The molecule has 3 heteroatoms. The van der Waals surface area contributed by atoms with Crippen LogP contribution in [0.5, 0.6) is 0 Å². The lowest BCUT2D eigenvalue weighted by Crippen LogP contribution is -2.32. The predicted molar refractivity (Wildman–Crippen MR) is 86.4 cm³/mol. The Hall–Kier alpha value is -1.51. The van der Waals surface area contributed by atoms with Gasteiger partial charge in [0.1, 0.15) is 0 Å². The summed E-state index contributed by atoms with van der Waals surface area (Å²) in [6.45, 7) is 4.55. The molecule has 2 unspecified atom stereocenters. The molecule has 0 radical (unpaired) electrons. The van der Waals surface area contributed by atoms with Crippen molar-refractivity contribution in [3.8, 4) is 0 Å². The largest absolute Gasteiger partial charge is 0.466 e. The van der Waals surface area contributed by atoms with E-state index in [4.69, 9.17) is 4.74 Å². The molecule has 1 aromatic carbocycles. The van der Waals surface area contributed by atoms with Crippen LogP contribution >= 0.6 is 0 Å². The maximum Gasteiger partial charge on any atom is 0.308 e. The molecule has 3 nitrogen and oxygen atoms in total. The molecule has 0 aromatic heterocycles. The summed E-state index contributed by atoms with van der Waals surface area (Å²) in [4.78, 5) is 11.9. The van der Waals surface area contributed by atoms with E-state index in [-0.39, 0.29) is 11.9 Å². The van der Waals surface area contributed by atoms with Crippen LogP contribution in [0.3, 0.4) is 0 Å². The molecule has 1 saturated carbocycles. The second kappa shape index (κ2) is 8.06. The van der Waals surface area contributed by atoms with Crippen molar-refractivity contribution >= 4 is 11.7 Å². The predicted octanol–water partition coefficient (Wildman–Crippen LogP) is 4.17. The molecule has 2 atom stereocenters. The highest BCUT2D eigenvalue weighted by atomic mass is 16.5. The Balaban J connectivity index is 1.88. The van der Waals surface area contributed by atoms with Gasteiger partial charge in [-0.05, 0) is 50.3 Å². The number of ether oxygens (including phenoxy) is 1. The third kappa shape index (κ3) is 4.76. The summed E-state index contributed by atoms with van der Waals surface area (Å²) in [6.07, 6.45) is 6.38. The van der Waals surface area contributed by atoms with Crippen LogP contribution in [0.1, 0.15) is 51.5 Å². The van der Waals surface area contributed by atoms with Gasteiger partial charge in [0.25, 0.3) is 0 Å². The van der Waals surface area contributed by atoms with E-state index in [0.29, 0.717) is 12.6 Å². The molecule has 0 saturated heterocycles. The van der Waals surface area contributed by atoms with Crippen LogP contribution in [0.15, 0.2) is 24.3 Å². The van der Waals surface area contributed by atoms with Crippen molar-refractivity contribution in [2.75, 3.05) is 11.9 Å². The highest BCUT2D eigenvalue weighted by Crippen LogP contribution is 2.27. The van der Waals surface area contributed by atoms with E-state index in [2.05, 4.69) is 36.5 Å². The smallest absolute Gasteiger partial charge is 0.308 e. The van der Waals surface area contributed by atoms with Crippen LogP contribution in [-0.2, 0) is 16.0 Å². The standard InChI is InChI=1S/C18H27NO2/c1-3-6-14-9-11-16(12-10-14)19-17-8-5-7-15(13-17)18(20)21-4-2/h9-12,15,17,19H,3-8,13H2,1-2H3. The third-order valence-corrected chi connectivity index (χ3v) is 4.16. The van der Waals surface area contributed by atoms with E-state index in [1.165, 1.54) is 12.0 Å². The zero-order valence-corrected chi connectivity index (χ0v) is 13.2. The minimum absolute atomic E-state index is 0.0257. The van der Waals surface area contributed by atoms with Crippen molar-refractivity contribution in [2.45, 2.75) is 58.4 Å². The number of benzene rings is 1. The fourth-order valence-corrected chi connectivity index (χ4v) is 3.09. The fourth-order valence-electron chi connectivity index (χ4n) is 3.09. The highest BCUT2D eigenvalue weighted by molar-refractivity contribution is 5.72. The molecular formula is C18H27NO2. The van der Waals surface area contributed by atoms with Gasteiger partial charge in [0.2, 0.25) is 0 Å². The number of rotatable bonds is 6. The van der Waals surface area contributed by atoms with Crippen molar-refractivity contribution < 1.29 is 9.53 Å². The number of carbonyl (C=O) groups excluding carboxylic acids is 1. The van der Waals surface area contributed by atoms with Crippen LogP contribution in [0.2, 0.25) is 0 Å². The lowest BCUT2D eigenvalue weighted by Gasteiger charge is -2.29. The summed E-state index contributed by atoms with van der Waals surface area (Å²) < 4.78 is 5.16. The summed E-state index contributed by atoms with van der Waals surface area (Å²) in [7, 11) is 0. The van der Waals surface area contributed by atoms with Crippen LogP contribution in [0, 0.1) is 5.92 Å². The molecule has 1 N–H and O–H groups in total. The van der Waals surface area contributed by atoms with Crippen LogP contribution in [0.25, 0.3) is 0 Å². The van der Waals surface area contributed by atoms with Crippen LogP contribution in [-0.4, -0.2) is 18.6 Å². The van der Waals surface area contributed by atoms with E-state index in [9.17, 15) is 4.79 Å². The number of hydrogen-bond donors (Lipinski definition) is 1. The summed E-state index contributed by atoms with van der Waals surface area (Å²) in [5.74, 6) is 0.0397.